The van der Waals surface area contributed by atoms with Gasteiger partial charge in [-0.1, -0.05) is 26.0 Å². The number of nitrogens with one attached hydrogen (secondary N) is 1. The van der Waals surface area contributed by atoms with Crippen LogP contribution in [-0.4, -0.2) is 24.1 Å². The molecule has 1 aliphatic rings. The molecule has 1 amide bonds. The van der Waals surface area contributed by atoms with Crippen LogP contribution in [0.1, 0.15) is 35.9 Å². The molecular formula is C18H20N2O3. The highest BCUT2D eigenvalue weighted by molar-refractivity contribution is 5.92. The van der Waals surface area contributed by atoms with Crippen LogP contribution in [0.5, 0.6) is 11.5 Å². The van der Waals surface area contributed by atoms with Gasteiger partial charge in [0.25, 0.3) is 5.91 Å². The molecule has 2 aromatic rings. The fraction of sp³-hybridized carbons (Fsp3) is 0.333. The third kappa shape index (κ3) is 3.44. The summed E-state index contributed by atoms with van der Waals surface area (Å²) in [6, 6.07) is 11.0. The monoisotopic (exact) mass is 312 g/mol. The fourth-order valence-electron chi connectivity index (χ4n) is 2.60. The molecule has 23 heavy (non-hydrogen) atoms. The van der Waals surface area contributed by atoms with Gasteiger partial charge >= 0.3 is 0 Å². The summed E-state index contributed by atoms with van der Waals surface area (Å²) in [6.07, 6.45) is 1.61. The highest BCUT2D eigenvalue weighted by atomic mass is 16.6. The van der Waals surface area contributed by atoms with Crippen LogP contribution in [0.25, 0.3) is 0 Å². The van der Waals surface area contributed by atoms with Gasteiger partial charge in [0.2, 0.25) is 0 Å². The minimum absolute atomic E-state index is 0.125. The first-order valence-electron chi connectivity index (χ1n) is 7.76. The summed E-state index contributed by atoms with van der Waals surface area (Å²) in [5, 5.41) is 3.06. The van der Waals surface area contributed by atoms with Crippen molar-refractivity contribution in [3.05, 3.63) is 53.9 Å². The van der Waals surface area contributed by atoms with Crippen molar-refractivity contribution in [2.24, 2.45) is 5.92 Å². The van der Waals surface area contributed by atoms with E-state index in [2.05, 4.69) is 24.1 Å². The lowest BCUT2D eigenvalue weighted by Gasteiger charge is -2.25. The molecule has 5 nitrogen and oxygen atoms in total. The second-order valence-electron chi connectivity index (χ2n) is 5.81. The standard InChI is InChI=1S/C18H20N2O3/c1-12(2)17(20-18(21)14-5-3-4-8-19-14)13-6-7-15-16(11-13)23-10-9-22-15/h3-8,11-12,17H,9-10H2,1-2H3,(H,20,21)/t17-/m0/s1. The summed E-state index contributed by atoms with van der Waals surface area (Å²) in [5.41, 5.74) is 1.41. The summed E-state index contributed by atoms with van der Waals surface area (Å²) in [5.74, 6) is 1.52. The van der Waals surface area contributed by atoms with Crippen molar-refractivity contribution >= 4 is 5.91 Å². The molecule has 5 heteroatoms. The molecule has 2 heterocycles. The number of carbonyl (C=O) groups excluding carboxylic acids is 1. The zero-order valence-corrected chi connectivity index (χ0v) is 13.3. The average molecular weight is 312 g/mol. The van der Waals surface area contributed by atoms with Gasteiger partial charge in [-0.2, -0.15) is 0 Å². The Morgan fingerprint density at radius 3 is 2.61 bits per heavy atom. The summed E-state index contributed by atoms with van der Waals surface area (Å²) >= 11 is 0. The third-order valence-corrected chi connectivity index (χ3v) is 3.78. The molecule has 1 aromatic heterocycles. The number of ether oxygens (including phenoxy) is 2. The predicted molar refractivity (Wildman–Crippen MR) is 86.7 cm³/mol. The highest BCUT2D eigenvalue weighted by Crippen LogP contribution is 2.34. The normalized spacial score (nSPS) is 14.4. The first-order valence-corrected chi connectivity index (χ1v) is 7.76. The number of pyridine rings is 1. The van der Waals surface area contributed by atoms with Gasteiger partial charge in [-0.3, -0.25) is 9.78 Å². The van der Waals surface area contributed by atoms with E-state index in [1.165, 1.54) is 0 Å². The molecule has 1 atom stereocenters. The largest absolute Gasteiger partial charge is 0.486 e. The quantitative estimate of drug-likeness (QED) is 0.943. The van der Waals surface area contributed by atoms with Crippen molar-refractivity contribution in [2.45, 2.75) is 19.9 Å². The maximum Gasteiger partial charge on any atom is 0.270 e. The van der Waals surface area contributed by atoms with Crippen LogP contribution in [-0.2, 0) is 0 Å². The van der Waals surface area contributed by atoms with Gasteiger partial charge in [-0.05, 0) is 35.7 Å². The second-order valence-corrected chi connectivity index (χ2v) is 5.81. The van der Waals surface area contributed by atoms with Crippen molar-refractivity contribution in [2.75, 3.05) is 13.2 Å². The number of hydrogen-bond acceptors (Lipinski definition) is 4. The number of rotatable bonds is 4. The number of benzene rings is 1. The van der Waals surface area contributed by atoms with Gasteiger partial charge < -0.3 is 14.8 Å². The van der Waals surface area contributed by atoms with Crippen LogP contribution in [0.15, 0.2) is 42.6 Å². The molecule has 1 aliphatic heterocycles. The number of nitrogens with zero attached hydrogens (tertiary/aromatic N) is 1. The SMILES string of the molecule is CC(C)[C@H](NC(=O)c1ccccn1)c1ccc2c(c1)OCCO2. The Balaban J connectivity index is 1.83. The highest BCUT2D eigenvalue weighted by Gasteiger charge is 2.22. The first kappa shape index (κ1) is 15.3. The molecule has 0 radical (unpaired) electrons. The van der Waals surface area contributed by atoms with E-state index < -0.39 is 0 Å². The van der Waals surface area contributed by atoms with Gasteiger partial charge in [0, 0.05) is 6.20 Å². The van der Waals surface area contributed by atoms with E-state index in [0.717, 1.165) is 17.1 Å². The maximum atomic E-state index is 12.4. The Labute approximate surface area is 135 Å². The number of amides is 1. The molecule has 0 saturated heterocycles. The van der Waals surface area contributed by atoms with E-state index in [0.29, 0.717) is 18.9 Å². The van der Waals surface area contributed by atoms with E-state index in [1.807, 2.05) is 18.2 Å². The Morgan fingerprint density at radius 2 is 1.91 bits per heavy atom. The van der Waals surface area contributed by atoms with Crippen LogP contribution >= 0.6 is 0 Å². The van der Waals surface area contributed by atoms with Crippen LogP contribution in [0.3, 0.4) is 0 Å². The summed E-state index contributed by atoms with van der Waals surface area (Å²) in [7, 11) is 0. The average Bonchev–Trinajstić information content (AvgIpc) is 2.59. The predicted octanol–water partition coefficient (Wildman–Crippen LogP) is 2.98. The van der Waals surface area contributed by atoms with Crippen LogP contribution in [0.4, 0.5) is 0 Å². The molecule has 3 rings (SSSR count). The lowest BCUT2D eigenvalue weighted by atomic mass is 9.95. The molecule has 0 aliphatic carbocycles. The van der Waals surface area contributed by atoms with Crippen molar-refractivity contribution in [3.8, 4) is 11.5 Å². The zero-order valence-electron chi connectivity index (χ0n) is 13.3. The van der Waals surface area contributed by atoms with Crippen LogP contribution in [0.2, 0.25) is 0 Å². The number of fused-ring (bicyclic) bond motifs is 1. The topological polar surface area (TPSA) is 60.5 Å². The van der Waals surface area contributed by atoms with Gasteiger partial charge in [0.15, 0.2) is 11.5 Å². The van der Waals surface area contributed by atoms with Crippen LogP contribution < -0.4 is 14.8 Å². The maximum absolute atomic E-state index is 12.4. The molecule has 0 fully saturated rings. The van der Waals surface area contributed by atoms with E-state index >= 15 is 0 Å². The Bertz CT molecular complexity index is 686. The Morgan fingerprint density at radius 1 is 1.13 bits per heavy atom. The van der Waals surface area contributed by atoms with Crippen molar-refractivity contribution in [1.29, 1.82) is 0 Å². The van der Waals surface area contributed by atoms with Crippen molar-refractivity contribution in [3.63, 3.8) is 0 Å². The van der Waals surface area contributed by atoms with Crippen molar-refractivity contribution in [1.82, 2.24) is 10.3 Å². The number of aromatic nitrogens is 1. The second kappa shape index (κ2) is 6.69. The lowest BCUT2D eigenvalue weighted by molar-refractivity contribution is 0.0920. The molecule has 0 saturated carbocycles. The Hall–Kier alpha value is -2.56. The molecule has 0 bridgehead atoms. The molecular weight excluding hydrogens is 292 g/mol. The van der Waals surface area contributed by atoms with E-state index in [-0.39, 0.29) is 17.9 Å². The minimum Gasteiger partial charge on any atom is -0.486 e. The van der Waals surface area contributed by atoms with Gasteiger partial charge in [-0.25, -0.2) is 0 Å². The molecule has 1 aromatic carbocycles. The summed E-state index contributed by atoms with van der Waals surface area (Å²) < 4.78 is 11.2. The van der Waals surface area contributed by atoms with E-state index in [4.69, 9.17) is 9.47 Å². The Kier molecular flexibility index (Phi) is 4.46. The van der Waals surface area contributed by atoms with Crippen LogP contribution in [0, 0.1) is 5.92 Å². The van der Waals surface area contributed by atoms with Crippen molar-refractivity contribution < 1.29 is 14.3 Å². The van der Waals surface area contributed by atoms with E-state index in [1.54, 1.807) is 24.4 Å². The molecule has 0 spiro atoms. The van der Waals surface area contributed by atoms with Gasteiger partial charge in [0.05, 0.1) is 6.04 Å². The molecule has 1 N–H and O–H groups in total. The smallest absolute Gasteiger partial charge is 0.270 e. The number of carbonyl (C=O) groups is 1. The lowest BCUT2D eigenvalue weighted by Crippen LogP contribution is -2.32. The van der Waals surface area contributed by atoms with E-state index in [9.17, 15) is 4.79 Å². The van der Waals surface area contributed by atoms with Gasteiger partial charge in [0.1, 0.15) is 18.9 Å². The summed E-state index contributed by atoms with van der Waals surface area (Å²) in [4.78, 5) is 16.5. The van der Waals surface area contributed by atoms with Gasteiger partial charge in [-0.15, -0.1) is 0 Å². The number of hydrogen-bond donors (Lipinski definition) is 1. The zero-order chi connectivity index (χ0) is 16.2. The first-order chi connectivity index (χ1) is 11.1. The fourth-order valence-corrected chi connectivity index (χ4v) is 2.60. The molecule has 120 valence electrons. The molecule has 0 unspecified atom stereocenters. The minimum atomic E-state index is -0.181. The summed E-state index contributed by atoms with van der Waals surface area (Å²) in [6.45, 7) is 5.25. The third-order valence-electron chi connectivity index (χ3n) is 3.78.